The highest BCUT2D eigenvalue weighted by atomic mass is 19.2. The van der Waals surface area contributed by atoms with Gasteiger partial charge < -0.3 is 11.1 Å². The van der Waals surface area contributed by atoms with Crippen molar-refractivity contribution < 1.29 is 13.2 Å². The first-order valence-electron chi connectivity index (χ1n) is 4.68. The van der Waals surface area contributed by atoms with Crippen LogP contribution >= 0.6 is 0 Å². The summed E-state index contributed by atoms with van der Waals surface area (Å²) in [5, 5.41) is 2.94. The van der Waals surface area contributed by atoms with Crippen LogP contribution in [0.1, 0.15) is 18.5 Å². The van der Waals surface area contributed by atoms with E-state index >= 15 is 0 Å². The molecule has 5 heteroatoms. The van der Waals surface area contributed by atoms with E-state index in [-0.39, 0.29) is 12.6 Å². The minimum Gasteiger partial charge on any atom is -0.329 e. The molecule has 84 valence electrons. The SMILES string of the molecule is CCNC(CN)c1cc(F)c(F)c(F)c1. The zero-order chi connectivity index (χ0) is 11.4. The van der Waals surface area contributed by atoms with Gasteiger partial charge in [-0.15, -0.1) is 0 Å². The fraction of sp³-hybridized carbons (Fsp3) is 0.400. The molecule has 1 aromatic rings. The molecule has 1 aromatic carbocycles. The van der Waals surface area contributed by atoms with Crippen LogP contribution in [0.2, 0.25) is 0 Å². The molecule has 0 saturated carbocycles. The standard InChI is InChI=1S/C10H13F3N2/c1-2-15-9(5-14)6-3-7(11)10(13)8(12)4-6/h3-4,9,15H,2,5,14H2,1H3. The molecule has 0 aliphatic carbocycles. The van der Waals surface area contributed by atoms with E-state index in [1.807, 2.05) is 6.92 Å². The van der Waals surface area contributed by atoms with Crippen LogP contribution in [0.5, 0.6) is 0 Å². The second-order valence-electron chi connectivity index (χ2n) is 3.14. The minimum atomic E-state index is -1.45. The first-order valence-corrected chi connectivity index (χ1v) is 4.68. The minimum absolute atomic E-state index is 0.193. The van der Waals surface area contributed by atoms with Crippen molar-refractivity contribution in [3.05, 3.63) is 35.1 Å². The maximum absolute atomic E-state index is 12.9. The Morgan fingerprint density at radius 1 is 1.27 bits per heavy atom. The summed E-state index contributed by atoms with van der Waals surface area (Å²) < 4.78 is 38.4. The average molecular weight is 218 g/mol. The van der Waals surface area contributed by atoms with Gasteiger partial charge in [-0.2, -0.15) is 0 Å². The van der Waals surface area contributed by atoms with Crippen LogP contribution in [-0.2, 0) is 0 Å². The van der Waals surface area contributed by atoms with Gasteiger partial charge in [0.1, 0.15) is 0 Å². The molecule has 0 radical (unpaired) electrons. The Kier molecular flexibility index (Phi) is 4.11. The first kappa shape index (κ1) is 12.0. The van der Waals surface area contributed by atoms with Gasteiger partial charge in [-0.1, -0.05) is 6.92 Å². The second-order valence-corrected chi connectivity index (χ2v) is 3.14. The molecule has 0 saturated heterocycles. The second kappa shape index (κ2) is 5.14. The Morgan fingerprint density at radius 2 is 1.80 bits per heavy atom. The molecule has 0 aliphatic rings. The zero-order valence-electron chi connectivity index (χ0n) is 8.36. The van der Waals surface area contributed by atoms with E-state index in [4.69, 9.17) is 5.73 Å². The lowest BCUT2D eigenvalue weighted by molar-refractivity contribution is 0.440. The summed E-state index contributed by atoms with van der Waals surface area (Å²) in [4.78, 5) is 0. The van der Waals surface area contributed by atoms with Crippen molar-refractivity contribution in [1.29, 1.82) is 0 Å². The zero-order valence-corrected chi connectivity index (χ0v) is 8.36. The van der Waals surface area contributed by atoms with Crippen molar-refractivity contribution in [2.45, 2.75) is 13.0 Å². The molecule has 3 N–H and O–H groups in total. The third-order valence-electron chi connectivity index (χ3n) is 2.09. The molecular weight excluding hydrogens is 205 g/mol. The monoisotopic (exact) mass is 218 g/mol. The average Bonchev–Trinajstić information content (AvgIpc) is 2.22. The van der Waals surface area contributed by atoms with Crippen LogP contribution in [-0.4, -0.2) is 13.1 Å². The fourth-order valence-corrected chi connectivity index (χ4v) is 1.36. The molecule has 0 fully saturated rings. The molecular formula is C10H13F3N2. The van der Waals surface area contributed by atoms with Crippen molar-refractivity contribution in [1.82, 2.24) is 5.32 Å². The van der Waals surface area contributed by atoms with Crippen LogP contribution in [0.4, 0.5) is 13.2 Å². The van der Waals surface area contributed by atoms with E-state index in [0.717, 1.165) is 12.1 Å². The Bertz CT molecular complexity index is 318. The Morgan fingerprint density at radius 3 is 2.20 bits per heavy atom. The highest BCUT2D eigenvalue weighted by Crippen LogP contribution is 2.18. The lowest BCUT2D eigenvalue weighted by Crippen LogP contribution is -2.28. The van der Waals surface area contributed by atoms with Crippen molar-refractivity contribution in [2.75, 3.05) is 13.1 Å². The van der Waals surface area contributed by atoms with E-state index in [9.17, 15) is 13.2 Å². The molecule has 1 atom stereocenters. The van der Waals surface area contributed by atoms with Gasteiger partial charge in [0.25, 0.3) is 0 Å². The largest absolute Gasteiger partial charge is 0.329 e. The number of nitrogens with one attached hydrogen (secondary N) is 1. The number of hydrogen-bond donors (Lipinski definition) is 2. The number of nitrogens with two attached hydrogens (primary N) is 1. The smallest absolute Gasteiger partial charge is 0.194 e. The topological polar surface area (TPSA) is 38.0 Å². The molecule has 1 unspecified atom stereocenters. The molecule has 15 heavy (non-hydrogen) atoms. The predicted molar refractivity (Wildman–Crippen MR) is 51.8 cm³/mol. The van der Waals surface area contributed by atoms with Crippen LogP contribution in [0.3, 0.4) is 0 Å². The van der Waals surface area contributed by atoms with Crippen molar-refractivity contribution >= 4 is 0 Å². The van der Waals surface area contributed by atoms with Gasteiger partial charge >= 0.3 is 0 Å². The molecule has 0 heterocycles. The van der Waals surface area contributed by atoms with Gasteiger partial charge in [0.15, 0.2) is 17.5 Å². The van der Waals surface area contributed by atoms with E-state index in [1.165, 1.54) is 0 Å². The summed E-state index contributed by atoms with van der Waals surface area (Å²) in [7, 11) is 0. The van der Waals surface area contributed by atoms with Crippen LogP contribution < -0.4 is 11.1 Å². The van der Waals surface area contributed by atoms with E-state index in [2.05, 4.69) is 5.32 Å². The Labute approximate surface area is 86.3 Å². The highest BCUT2D eigenvalue weighted by Gasteiger charge is 2.15. The van der Waals surface area contributed by atoms with Gasteiger partial charge in [0.05, 0.1) is 0 Å². The van der Waals surface area contributed by atoms with Crippen molar-refractivity contribution in [3.8, 4) is 0 Å². The number of likely N-dealkylation sites (N-methyl/N-ethyl adjacent to an activating group) is 1. The molecule has 0 bridgehead atoms. The van der Waals surface area contributed by atoms with Gasteiger partial charge in [-0.3, -0.25) is 0 Å². The van der Waals surface area contributed by atoms with Gasteiger partial charge in [0, 0.05) is 12.6 Å². The number of benzene rings is 1. The highest BCUT2D eigenvalue weighted by molar-refractivity contribution is 5.23. The summed E-state index contributed by atoms with van der Waals surface area (Å²) in [6.07, 6.45) is 0. The molecule has 0 amide bonds. The van der Waals surface area contributed by atoms with E-state index in [1.54, 1.807) is 0 Å². The van der Waals surface area contributed by atoms with Gasteiger partial charge in [-0.25, -0.2) is 13.2 Å². The number of rotatable bonds is 4. The summed E-state index contributed by atoms with van der Waals surface area (Å²) in [5.41, 5.74) is 5.74. The first-order chi connectivity index (χ1) is 7.10. The predicted octanol–water partition coefficient (Wildman–Crippen LogP) is 1.71. The fourth-order valence-electron chi connectivity index (χ4n) is 1.36. The third kappa shape index (κ3) is 2.70. The molecule has 0 aliphatic heterocycles. The lowest BCUT2D eigenvalue weighted by atomic mass is 10.1. The van der Waals surface area contributed by atoms with Crippen molar-refractivity contribution in [3.63, 3.8) is 0 Å². The van der Waals surface area contributed by atoms with Crippen molar-refractivity contribution in [2.24, 2.45) is 5.73 Å². The number of halogens is 3. The molecule has 0 spiro atoms. The third-order valence-corrected chi connectivity index (χ3v) is 2.09. The maximum atomic E-state index is 12.9. The maximum Gasteiger partial charge on any atom is 0.194 e. The number of hydrogen-bond acceptors (Lipinski definition) is 2. The Hall–Kier alpha value is -1.07. The summed E-state index contributed by atoms with van der Waals surface area (Å²) in [5.74, 6) is -3.84. The summed E-state index contributed by atoms with van der Waals surface area (Å²) in [6.45, 7) is 2.65. The van der Waals surface area contributed by atoms with E-state index < -0.39 is 17.5 Å². The van der Waals surface area contributed by atoms with Gasteiger partial charge in [-0.05, 0) is 24.2 Å². The van der Waals surface area contributed by atoms with Gasteiger partial charge in [0.2, 0.25) is 0 Å². The Balaban J connectivity index is 3.03. The normalized spacial score (nSPS) is 12.9. The molecule has 2 nitrogen and oxygen atoms in total. The quantitative estimate of drug-likeness (QED) is 0.755. The van der Waals surface area contributed by atoms with Crippen LogP contribution in [0.25, 0.3) is 0 Å². The van der Waals surface area contributed by atoms with Crippen LogP contribution in [0.15, 0.2) is 12.1 Å². The van der Waals surface area contributed by atoms with E-state index in [0.29, 0.717) is 12.1 Å². The summed E-state index contributed by atoms with van der Waals surface area (Å²) >= 11 is 0. The summed E-state index contributed by atoms with van der Waals surface area (Å²) in [6, 6.07) is 1.55. The lowest BCUT2D eigenvalue weighted by Gasteiger charge is -2.16. The molecule has 1 rings (SSSR count). The van der Waals surface area contributed by atoms with Crippen LogP contribution in [0, 0.1) is 17.5 Å². The molecule has 0 aromatic heterocycles.